The Bertz CT molecular complexity index is 218. The van der Waals surface area contributed by atoms with Gasteiger partial charge in [0.25, 0.3) is 0 Å². The highest BCUT2D eigenvalue weighted by atomic mass is 79.9. The summed E-state index contributed by atoms with van der Waals surface area (Å²) < 4.78 is 0. The van der Waals surface area contributed by atoms with Gasteiger partial charge in [-0.3, -0.25) is 9.59 Å². The van der Waals surface area contributed by atoms with E-state index >= 15 is 0 Å². The van der Waals surface area contributed by atoms with Crippen LogP contribution in [0.2, 0.25) is 0 Å². The van der Waals surface area contributed by atoms with Gasteiger partial charge in [0.15, 0.2) is 0 Å². The fraction of sp³-hybridized carbons (Fsp3) is 0.778. The number of likely N-dealkylation sites (tertiary alicyclic amines) is 1. The van der Waals surface area contributed by atoms with Crippen molar-refractivity contribution >= 4 is 27.6 Å². The molecule has 1 atom stereocenters. The van der Waals surface area contributed by atoms with E-state index in [1.54, 1.807) is 11.8 Å². The summed E-state index contributed by atoms with van der Waals surface area (Å²) in [5.74, 6) is 0.267. The number of hydrogen-bond acceptors (Lipinski definition) is 2. The lowest BCUT2D eigenvalue weighted by atomic mass is 10.1. The molecular weight excluding hydrogens is 234 g/mol. The molecule has 0 saturated carbocycles. The normalized spacial score (nSPS) is 22.0. The summed E-state index contributed by atoms with van der Waals surface area (Å²) in [5, 5.41) is 0.398. The number of carbonyl (C=O) groups excluding carboxylic acids is 2. The zero-order valence-electron chi connectivity index (χ0n) is 7.75. The van der Waals surface area contributed by atoms with Crippen LogP contribution < -0.4 is 0 Å². The molecule has 0 spiro atoms. The van der Waals surface area contributed by atoms with Crippen molar-refractivity contribution in [3.8, 4) is 0 Å². The van der Waals surface area contributed by atoms with Gasteiger partial charge in [0.1, 0.15) is 5.78 Å². The van der Waals surface area contributed by atoms with Crippen molar-refractivity contribution in [2.24, 2.45) is 0 Å². The van der Waals surface area contributed by atoms with Crippen LogP contribution in [0, 0.1) is 0 Å². The summed E-state index contributed by atoms with van der Waals surface area (Å²) >= 11 is 3.13. The molecule has 74 valence electrons. The summed E-state index contributed by atoms with van der Waals surface area (Å²) in [6.45, 7) is 2.38. The first-order valence-corrected chi connectivity index (χ1v) is 5.62. The van der Waals surface area contributed by atoms with Crippen molar-refractivity contribution in [2.45, 2.75) is 32.2 Å². The molecule has 0 aromatic rings. The summed E-state index contributed by atoms with van der Waals surface area (Å²) in [6.07, 6.45) is 2.50. The van der Waals surface area contributed by atoms with Gasteiger partial charge in [0.05, 0.1) is 5.33 Å². The fourth-order valence-electron chi connectivity index (χ4n) is 1.78. The summed E-state index contributed by atoms with van der Waals surface area (Å²) in [6, 6.07) is 0.155. The van der Waals surface area contributed by atoms with Gasteiger partial charge in [-0.05, 0) is 12.8 Å². The molecular formula is C9H14BrNO2. The van der Waals surface area contributed by atoms with Crippen LogP contribution in [0.4, 0.5) is 0 Å². The lowest BCUT2D eigenvalue weighted by molar-refractivity contribution is -0.130. The maximum atomic E-state index is 11.2. The molecule has 1 rings (SSSR count). The van der Waals surface area contributed by atoms with Gasteiger partial charge >= 0.3 is 0 Å². The Balaban J connectivity index is 2.48. The second-order valence-electron chi connectivity index (χ2n) is 3.38. The quantitative estimate of drug-likeness (QED) is 0.707. The Hall–Kier alpha value is -0.380. The highest BCUT2D eigenvalue weighted by molar-refractivity contribution is 9.09. The van der Waals surface area contributed by atoms with Crippen molar-refractivity contribution in [2.75, 3.05) is 11.9 Å². The average molecular weight is 248 g/mol. The van der Waals surface area contributed by atoms with Crippen LogP contribution in [0.5, 0.6) is 0 Å². The molecule has 1 aliphatic rings. The molecule has 0 aliphatic carbocycles. The van der Waals surface area contributed by atoms with E-state index in [1.165, 1.54) is 0 Å². The molecule has 4 heteroatoms. The molecule has 1 fully saturated rings. The largest absolute Gasteiger partial charge is 0.340 e. The van der Waals surface area contributed by atoms with Gasteiger partial charge < -0.3 is 4.90 Å². The first kappa shape index (κ1) is 10.7. The smallest absolute Gasteiger partial charge is 0.219 e. The highest BCUT2D eigenvalue weighted by Crippen LogP contribution is 2.20. The number of Topliss-reactive ketones (excluding diaryl/α,β-unsaturated/α-hetero) is 1. The zero-order chi connectivity index (χ0) is 9.84. The molecule has 1 saturated heterocycles. The summed E-state index contributed by atoms with van der Waals surface area (Å²) in [5.41, 5.74) is 0. The van der Waals surface area contributed by atoms with Crippen molar-refractivity contribution in [1.29, 1.82) is 0 Å². The van der Waals surface area contributed by atoms with Gasteiger partial charge in [-0.2, -0.15) is 0 Å². The van der Waals surface area contributed by atoms with Gasteiger partial charge in [-0.1, -0.05) is 15.9 Å². The minimum absolute atomic E-state index is 0.0878. The van der Waals surface area contributed by atoms with Gasteiger partial charge in [-0.25, -0.2) is 0 Å². The average Bonchev–Trinajstić information content (AvgIpc) is 2.52. The Kier molecular flexibility index (Phi) is 3.90. The maximum Gasteiger partial charge on any atom is 0.219 e. The number of carbonyl (C=O) groups is 2. The van der Waals surface area contributed by atoms with E-state index in [0.29, 0.717) is 11.8 Å². The summed E-state index contributed by atoms with van der Waals surface area (Å²) in [4.78, 5) is 24.1. The number of hydrogen-bond donors (Lipinski definition) is 0. The van der Waals surface area contributed by atoms with Gasteiger partial charge in [0, 0.05) is 25.9 Å². The molecule has 0 radical (unpaired) electrons. The number of rotatable bonds is 3. The van der Waals surface area contributed by atoms with Crippen molar-refractivity contribution in [3.05, 3.63) is 0 Å². The molecule has 1 heterocycles. The Morgan fingerprint density at radius 1 is 1.54 bits per heavy atom. The second-order valence-corrected chi connectivity index (χ2v) is 3.95. The SMILES string of the molecule is CC(=O)N1CCCC1CC(=O)CBr. The predicted molar refractivity (Wildman–Crippen MR) is 53.8 cm³/mol. The van der Waals surface area contributed by atoms with E-state index in [0.717, 1.165) is 19.4 Å². The van der Waals surface area contributed by atoms with Crippen LogP contribution in [-0.2, 0) is 9.59 Å². The molecule has 1 aliphatic heterocycles. The van der Waals surface area contributed by atoms with E-state index in [1.807, 2.05) is 0 Å². The Labute approximate surface area is 86.6 Å². The first-order chi connectivity index (χ1) is 6.15. The number of nitrogens with zero attached hydrogens (tertiary/aromatic N) is 1. The lowest BCUT2D eigenvalue weighted by Crippen LogP contribution is -2.35. The maximum absolute atomic E-state index is 11.2. The van der Waals surface area contributed by atoms with Gasteiger partial charge in [-0.15, -0.1) is 0 Å². The third kappa shape index (κ3) is 2.79. The van der Waals surface area contributed by atoms with E-state index in [4.69, 9.17) is 0 Å². The molecule has 3 nitrogen and oxygen atoms in total. The monoisotopic (exact) mass is 247 g/mol. The Morgan fingerprint density at radius 3 is 2.77 bits per heavy atom. The second kappa shape index (κ2) is 4.74. The highest BCUT2D eigenvalue weighted by Gasteiger charge is 2.27. The molecule has 1 amide bonds. The first-order valence-electron chi connectivity index (χ1n) is 4.50. The number of amides is 1. The zero-order valence-corrected chi connectivity index (χ0v) is 9.34. The van der Waals surface area contributed by atoms with Gasteiger partial charge in [0.2, 0.25) is 5.91 Å². The van der Waals surface area contributed by atoms with E-state index in [2.05, 4.69) is 15.9 Å². The minimum Gasteiger partial charge on any atom is -0.340 e. The Morgan fingerprint density at radius 2 is 2.23 bits per heavy atom. The fourth-order valence-corrected chi connectivity index (χ4v) is 2.01. The topological polar surface area (TPSA) is 37.4 Å². The predicted octanol–water partition coefficient (Wildman–Crippen LogP) is 1.35. The van der Waals surface area contributed by atoms with Crippen LogP contribution in [0.25, 0.3) is 0 Å². The molecule has 0 N–H and O–H groups in total. The molecule has 13 heavy (non-hydrogen) atoms. The van der Waals surface area contributed by atoms with E-state index in [-0.39, 0.29) is 17.7 Å². The molecule has 0 bridgehead atoms. The molecule has 0 aromatic heterocycles. The van der Waals surface area contributed by atoms with E-state index < -0.39 is 0 Å². The number of halogens is 1. The van der Waals surface area contributed by atoms with Crippen molar-refractivity contribution in [3.63, 3.8) is 0 Å². The summed E-state index contributed by atoms with van der Waals surface area (Å²) in [7, 11) is 0. The minimum atomic E-state index is 0.0878. The van der Waals surface area contributed by atoms with Crippen LogP contribution in [-0.4, -0.2) is 34.5 Å². The molecule has 1 unspecified atom stereocenters. The number of alkyl halides is 1. The lowest BCUT2D eigenvalue weighted by Gasteiger charge is -2.22. The standard InChI is InChI=1S/C9H14BrNO2/c1-7(12)11-4-2-3-8(11)5-9(13)6-10/h8H,2-6H2,1H3. The van der Waals surface area contributed by atoms with Crippen LogP contribution in [0.3, 0.4) is 0 Å². The van der Waals surface area contributed by atoms with Crippen molar-refractivity contribution < 1.29 is 9.59 Å². The molecule has 0 aromatic carbocycles. The number of ketones is 1. The third-order valence-electron chi connectivity index (χ3n) is 2.39. The van der Waals surface area contributed by atoms with Crippen molar-refractivity contribution in [1.82, 2.24) is 4.90 Å². The van der Waals surface area contributed by atoms with E-state index in [9.17, 15) is 9.59 Å². The third-order valence-corrected chi connectivity index (χ3v) is 3.02. The van der Waals surface area contributed by atoms with Crippen LogP contribution in [0.15, 0.2) is 0 Å². The van der Waals surface area contributed by atoms with Crippen LogP contribution in [0.1, 0.15) is 26.2 Å². The van der Waals surface area contributed by atoms with Crippen LogP contribution >= 0.6 is 15.9 Å².